The maximum absolute atomic E-state index is 13.0. The van der Waals surface area contributed by atoms with Gasteiger partial charge in [0, 0.05) is 10.9 Å². The van der Waals surface area contributed by atoms with Gasteiger partial charge in [-0.1, -0.05) is 0 Å². The number of rotatable bonds is 2. The SMILES string of the molecule is O=C1COc2ccc(-c3csc(-n4nccc4C(F)(F)F)n3)cc2N1. The highest BCUT2D eigenvalue weighted by atomic mass is 32.1. The highest BCUT2D eigenvalue weighted by Crippen LogP contribution is 2.35. The van der Waals surface area contributed by atoms with E-state index in [9.17, 15) is 18.0 Å². The first kappa shape index (κ1) is 15.6. The largest absolute Gasteiger partial charge is 0.482 e. The molecule has 1 aromatic carbocycles. The molecule has 0 bridgehead atoms. The molecule has 0 aliphatic carbocycles. The van der Waals surface area contributed by atoms with Crippen molar-refractivity contribution in [2.45, 2.75) is 6.18 Å². The van der Waals surface area contributed by atoms with E-state index in [1.807, 2.05) is 0 Å². The van der Waals surface area contributed by atoms with Gasteiger partial charge in [0.2, 0.25) is 5.13 Å². The van der Waals surface area contributed by atoms with Crippen LogP contribution >= 0.6 is 11.3 Å². The van der Waals surface area contributed by atoms with Gasteiger partial charge in [0.25, 0.3) is 5.91 Å². The molecule has 0 fully saturated rings. The van der Waals surface area contributed by atoms with Crippen LogP contribution in [-0.2, 0) is 11.0 Å². The molecule has 0 radical (unpaired) electrons. The van der Waals surface area contributed by atoms with Crippen LogP contribution in [-0.4, -0.2) is 27.3 Å². The fourth-order valence-electron chi connectivity index (χ4n) is 2.41. The summed E-state index contributed by atoms with van der Waals surface area (Å²) in [7, 11) is 0. The fourth-order valence-corrected chi connectivity index (χ4v) is 3.21. The fraction of sp³-hybridized carbons (Fsp3) is 0.133. The Morgan fingerprint density at radius 3 is 2.92 bits per heavy atom. The van der Waals surface area contributed by atoms with Crippen molar-refractivity contribution in [3.8, 4) is 22.1 Å². The van der Waals surface area contributed by atoms with Crippen LogP contribution in [0.5, 0.6) is 5.75 Å². The lowest BCUT2D eigenvalue weighted by Crippen LogP contribution is -2.25. The van der Waals surface area contributed by atoms with Gasteiger partial charge < -0.3 is 10.1 Å². The van der Waals surface area contributed by atoms with Crippen LogP contribution in [0.4, 0.5) is 18.9 Å². The van der Waals surface area contributed by atoms with Crippen molar-refractivity contribution in [2.75, 3.05) is 11.9 Å². The summed E-state index contributed by atoms with van der Waals surface area (Å²) < 4.78 is 45.0. The van der Waals surface area contributed by atoms with Crippen molar-refractivity contribution >= 4 is 22.9 Å². The lowest BCUT2D eigenvalue weighted by Gasteiger charge is -2.18. The summed E-state index contributed by atoms with van der Waals surface area (Å²) >= 11 is 1.04. The van der Waals surface area contributed by atoms with Gasteiger partial charge in [0.15, 0.2) is 12.3 Å². The van der Waals surface area contributed by atoms with E-state index in [0.717, 1.165) is 28.3 Å². The van der Waals surface area contributed by atoms with Crippen LogP contribution in [0.15, 0.2) is 35.8 Å². The summed E-state index contributed by atoms with van der Waals surface area (Å²) in [6, 6.07) is 5.97. The first-order valence-corrected chi connectivity index (χ1v) is 7.94. The van der Waals surface area contributed by atoms with Crippen molar-refractivity contribution in [1.82, 2.24) is 14.8 Å². The smallest absolute Gasteiger partial charge is 0.433 e. The number of halogens is 3. The molecule has 0 atom stereocenters. The molecule has 10 heteroatoms. The second-order valence-electron chi connectivity index (χ2n) is 5.19. The van der Waals surface area contributed by atoms with E-state index in [2.05, 4.69) is 15.4 Å². The number of nitrogens with one attached hydrogen (secondary N) is 1. The Balaban J connectivity index is 1.70. The van der Waals surface area contributed by atoms with Gasteiger partial charge in [0.1, 0.15) is 5.75 Å². The van der Waals surface area contributed by atoms with Crippen molar-refractivity contribution in [3.63, 3.8) is 0 Å². The third-order valence-corrected chi connectivity index (χ3v) is 4.33. The predicted octanol–water partition coefficient (Wildman–Crippen LogP) is 3.35. The molecule has 1 aliphatic rings. The van der Waals surface area contributed by atoms with Crippen LogP contribution in [0, 0.1) is 0 Å². The molecule has 0 saturated carbocycles. The van der Waals surface area contributed by atoms with E-state index < -0.39 is 11.9 Å². The number of carbonyl (C=O) groups excluding carboxylic acids is 1. The number of hydrogen-bond acceptors (Lipinski definition) is 5. The molecule has 2 aromatic heterocycles. The van der Waals surface area contributed by atoms with E-state index in [4.69, 9.17) is 4.74 Å². The number of nitrogens with zero attached hydrogens (tertiary/aromatic N) is 3. The number of hydrogen-bond donors (Lipinski definition) is 1. The molecule has 4 rings (SSSR count). The molecular formula is C15H9F3N4O2S. The molecule has 128 valence electrons. The number of aromatic nitrogens is 3. The van der Waals surface area contributed by atoms with Crippen molar-refractivity contribution < 1.29 is 22.7 Å². The Hall–Kier alpha value is -2.88. The summed E-state index contributed by atoms with van der Waals surface area (Å²) in [5.74, 6) is 0.264. The Morgan fingerprint density at radius 2 is 2.12 bits per heavy atom. The second-order valence-corrected chi connectivity index (χ2v) is 6.03. The lowest BCUT2D eigenvalue weighted by atomic mass is 10.1. The molecule has 1 amide bonds. The third kappa shape index (κ3) is 2.84. The van der Waals surface area contributed by atoms with Crippen LogP contribution in [0.2, 0.25) is 0 Å². The third-order valence-electron chi connectivity index (χ3n) is 3.51. The molecule has 25 heavy (non-hydrogen) atoms. The summed E-state index contributed by atoms with van der Waals surface area (Å²) in [6.07, 6.45) is -3.44. The van der Waals surface area contributed by atoms with Gasteiger partial charge in [-0.2, -0.15) is 18.3 Å². The minimum absolute atomic E-state index is 0.0489. The number of carbonyl (C=O) groups is 1. The molecule has 0 spiro atoms. The zero-order chi connectivity index (χ0) is 17.6. The quantitative estimate of drug-likeness (QED) is 0.755. The Bertz CT molecular complexity index is 964. The molecular weight excluding hydrogens is 357 g/mol. The number of thiazole rings is 1. The summed E-state index contributed by atoms with van der Waals surface area (Å²) in [5, 5.41) is 8.12. The Kier molecular flexibility index (Phi) is 3.49. The Morgan fingerprint density at radius 1 is 1.28 bits per heavy atom. The summed E-state index contributed by atoms with van der Waals surface area (Å²) in [6.45, 7) is -0.0489. The number of fused-ring (bicyclic) bond motifs is 1. The zero-order valence-corrected chi connectivity index (χ0v) is 13.2. The topological polar surface area (TPSA) is 69.0 Å². The zero-order valence-electron chi connectivity index (χ0n) is 12.4. The van der Waals surface area contributed by atoms with E-state index in [1.54, 1.807) is 23.6 Å². The monoisotopic (exact) mass is 366 g/mol. The molecule has 3 aromatic rings. The van der Waals surface area contributed by atoms with Crippen LogP contribution in [0.1, 0.15) is 5.69 Å². The molecule has 0 unspecified atom stereocenters. The average molecular weight is 366 g/mol. The van der Waals surface area contributed by atoms with E-state index >= 15 is 0 Å². The number of ether oxygens (including phenoxy) is 1. The minimum Gasteiger partial charge on any atom is -0.482 e. The Labute approximate surface area is 142 Å². The van der Waals surface area contributed by atoms with Crippen molar-refractivity contribution in [1.29, 1.82) is 0 Å². The normalized spacial score (nSPS) is 14.0. The summed E-state index contributed by atoms with van der Waals surface area (Å²) in [5.41, 5.74) is 0.733. The van der Waals surface area contributed by atoms with Crippen LogP contribution in [0.25, 0.3) is 16.4 Å². The number of anilines is 1. The number of alkyl halides is 3. The molecule has 3 heterocycles. The van der Waals surface area contributed by atoms with Gasteiger partial charge in [-0.25, -0.2) is 9.67 Å². The first-order valence-electron chi connectivity index (χ1n) is 7.06. The molecule has 1 aliphatic heterocycles. The second kappa shape index (κ2) is 5.59. The standard InChI is InChI=1S/C15H9F3N4O2S/c16-15(17,18)12-3-4-19-22(12)14-21-10(7-25-14)8-1-2-11-9(5-8)20-13(23)6-24-11/h1-5,7H,6H2,(H,20,23). The number of amides is 1. The van der Waals surface area contributed by atoms with Crippen molar-refractivity contribution in [2.24, 2.45) is 0 Å². The predicted molar refractivity (Wildman–Crippen MR) is 83.8 cm³/mol. The van der Waals surface area contributed by atoms with Gasteiger partial charge in [-0.05, 0) is 24.3 Å². The van der Waals surface area contributed by atoms with E-state index in [0.29, 0.717) is 22.7 Å². The van der Waals surface area contributed by atoms with Crippen molar-refractivity contribution in [3.05, 3.63) is 41.5 Å². The molecule has 1 N–H and O–H groups in total. The van der Waals surface area contributed by atoms with Crippen LogP contribution in [0.3, 0.4) is 0 Å². The van der Waals surface area contributed by atoms with E-state index in [-0.39, 0.29) is 17.6 Å². The maximum atomic E-state index is 13.0. The molecule has 6 nitrogen and oxygen atoms in total. The first-order chi connectivity index (χ1) is 11.9. The highest BCUT2D eigenvalue weighted by molar-refractivity contribution is 7.12. The molecule has 0 saturated heterocycles. The summed E-state index contributed by atoms with van der Waals surface area (Å²) in [4.78, 5) is 15.6. The minimum atomic E-state index is -4.52. The van der Waals surface area contributed by atoms with Crippen LogP contribution < -0.4 is 10.1 Å². The maximum Gasteiger partial charge on any atom is 0.433 e. The van der Waals surface area contributed by atoms with Gasteiger partial charge in [-0.15, -0.1) is 11.3 Å². The van der Waals surface area contributed by atoms with Gasteiger partial charge >= 0.3 is 6.18 Å². The average Bonchev–Trinajstić information content (AvgIpc) is 3.22. The van der Waals surface area contributed by atoms with Gasteiger partial charge in [0.05, 0.1) is 17.6 Å². The van der Waals surface area contributed by atoms with Gasteiger partial charge in [-0.3, -0.25) is 4.79 Å². The lowest BCUT2D eigenvalue weighted by molar-refractivity contribution is -0.142. The highest BCUT2D eigenvalue weighted by Gasteiger charge is 2.35. The number of benzene rings is 1. The van der Waals surface area contributed by atoms with E-state index in [1.165, 1.54) is 0 Å².